The molecule has 4 unspecified atom stereocenters. The predicted molar refractivity (Wildman–Crippen MR) is 47.0 cm³/mol. The van der Waals surface area contributed by atoms with Gasteiger partial charge in [0.15, 0.2) is 0 Å². The van der Waals surface area contributed by atoms with Crippen LogP contribution in [0.25, 0.3) is 0 Å². The van der Waals surface area contributed by atoms with Crippen LogP contribution in [0.3, 0.4) is 0 Å². The zero-order valence-electron chi connectivity index (χ0n) is 7.95. The molecule has 0 N–H and O–H groups in total. The molecule has 2 heteroatoms. The van der Waals surface area contributed by atoms with Crippen molar-refractivity contribution >= 4 is 0 Å². The van der Waals surface area contributed by atoms with Gasteiger partial charge in [0, 0.05) is 14.2 Å². The zero-order chi connectivity index (χ0) is 8.55. The van der Waals surface area contributed by atoms with Crippen molar-refractivity contribution in [3.63, 3.8) is 0 Å². The second-order valence-electron chi connectivity index (χ2n) is 4.05. The van der Waals surface area contributed by atoms with Gasteiger partial charge in [0.2, 0.25) is 0 Å². The van der Waals surface area contributed by atoms with Gasteiger partial charge >= 0.3 is 0 Å². The first kappa shape index (κ1) is 8.52. The van der Waals surface area contributed by atoms with Gasteiger partial charge in [-0.3, -0.25) is 0 Å². The minimum Gasteiger partial charge on any atom is -0.379 e. The van der Waals surface area contributed by atoms with Gasteiger partial charge in [-0.15, -0.1) is 0 Å². The SMILES string of the molecule is COC1CCC2CCC2C1OC. The highest BCUT2D eigenvalue weighted by Gasteiger charge is 2.44. The molecule has 2 fully saturated rings. The van der Waals surface area contributed by atoms with E-state index < -0.39 is 0 Å². The van der Waals surface area contributed by atoms with Crippen LogP contribution in [0.15, 0.2) is 0 Å². The lowest BCUT2D eigenvalue weighted by Gasteiger charge is -2.48. The molecule has 0 amide bonds. The average molecular weight is 170 g/mol. The predicted octanol–water partition coefficient (Wildman–Crippen LogP) is 1.84. The summed E-state index contributed by atoms with van der Waals surface area (Å²) in [5.41, 5.74) is 0. The molecule has 12 heavy (non-hydrogen) atoms. The average Bonchev–Trinajstić information content (AvgIpc) is 2.06. The number of rotatable bonds is 2. The maximum absolute atomic E-state index is 5.50. The van der Waals surface area contributed by atoms with Crippen LogP contribution in [0.1, 0.15) is 25.7 Å². The van der Waals surface area contributed by atoms with Crippen LogP contribution >= 0.6 is 0 Å². The summed E-state index contributed by atoms with van der Waals surface area (Å²) in [5.74, 6) is 1.75. The van der Waals surface area contributed by atoms with E-state index in [1.807, 2.05) is 7.11 Å². The second kappa shape index (κ2) is 3.35. The molecule has 2 rings (SSSR count). The first-order valence-corrected chi connectivity index (χ1v) is 4.92. The van der Waals surface area contributed by atoms with E-state index in [2.05, 4.69) is 0 Å². The van der Waals surface area contributed by atoms with E-state index in [0.29, 0.717) is 12.2 Å². The van der Waals surface area contributed by atoms with E-state index in [0.717, 1.165) is 11.8 Å². The largest absolute Gasteiger partial charge is 0.379 e. The molecule has 0 bridgehead atoms. The molecule has 0 heterocycles. The first-order chi connectivity index (χ1) is 5.86. The van der Waals surface area contributed by atoms with E-state index in [4.69, 9.17) is 9.47 Å². The molecule has 0 aromatic heterocycles. The fourth-order valence-electron chi connectivity index (χ4n) is 2.78. The molecule has 0 radical (unpaired) electrons. The van der Waals surface area contributed by atoms with Crippen molar-refractivity contribution in [2.24, 2.45) is 11.8 Å². The standard InChI is InChI=1S/C10H18O2/c1-11-9-6-4-7-3-5-8(7)10(9)12-2/h7-10H,3-6H2,1-2H3. The lowest BCUT2D eigenvalue weighted by Crippen LogP contribution is -2.49. The Hall–Kier alpha value is -0.0800. The number of hydrogen-bond donors (Lipinski definition) is 0. The molecule has 0 aromatic carbocycles. The summed E-state index contributed by atoms with van der Waals surface area (Å²) in [6.45, 7) is 0. The van der Waals surface area contributed by atoms with Crippen LogP contribution < -0.4 is 0 Å². The van der Waals surface area contributed by atoms with E-state index in [1.54, 1.807) is 7.11 Å². The van der Waals surface area contributed by atoms with Crippen molar-refractivity contribution in [3.05, 3.63) is 0 Å². The van der Waals surface area contributed by atoms with Crippen LogP contribution in [0.5, 0.6) is 0 Å². The van der Waals surface area contributed by atoms with E-state index in [1.165, 1.54) is 25.7 Å². The van der Waals surface area contributed by atoms with Crippen LogP contribution in [-0.4, -0.2) is 26.4 Å². The lowest BCUT2D eigenvalue weighted by molar-refractivity contribution is -0.132. The normalized spacial score (nSPS) is 46.5. The third-order valence-electron chi connectivity index (χ3n) is 3.66. The van der Waals surface area contributed by atoms with Crippen molar-refractivity contribution in [1.29, 1.82) is 0 Å². The Bertz CT molecular complexity index is 154. The molecule has 2 aliphatic rings. The van der Waals surface area contributed by atoms with Gasteiger partial charge in [-0.2, -0.15) is 0 Å². The highest BCUT2D eigenvalue weighted by atomic mass is 16.5. The molecule has 2 aliphatic carbocycles. The highest BCUT2D eigenvalue weighted by Crippen LogP contribution is 2.46. The van der Waals surface area contributed by atoms with Gasteiger partial charge in [-0.05, 0) is 37.5 Å². The molecule has 2 nitrogen and oxygen atoms in total. The smallest absolute Gasteiger partial charge is 0.0863 e. The number of hydrogen-bond acceptors (Lipinski definition) is 2. The third kappa shape index (κ3) is 1.17. The molecular formula is C10H18O2. The van der Waals surface area contributed by atoms with E-state index >= 15 is 0 Å². The fourth-order valence-corrected chi connectivity index (χ4v) is 2.78. The van der Waals surface area contributed by atoms with Gasteiger partial charge in [0.1, 0.15) is 0 Å². The van der Waals surface area contributed by atoms with E-state index in [-0.39, 0.29) is 0 Å². The van der Waals surface area contributed by atoms with Crippen LogP contribution in [0.2, 0.25) is 0 Å². The quantitative estimate of drug-likeness (QED) is 0.629. The summed E-state index contributed by atoms with van der Waals surface area (Å²) in [4.78, 5) is 0. The number of methoxy groups -OCH3 is 2. The Balaban J connectivity index is 2.00. The molecule has 2 saturated carbocycles. The minimum absolute atomic E-state index is 0.358. The zero-order valence-corrected chi connectivity index (χ0v) is 7.95. The monoisotopic (exact) mass is 170 g/mol. The molecule has 0 spiro atoms. The maximum Gasteiger partial charge on any atom is 0.0863 e. The highest BCUT2D eigenvalue weighted by molar-refractivity contribution is 4.94. The molecule has 0 aromatic rings. The Morgan fingerprint density at radius 1 is 0.917 bits per heavy atom. The molecule has 0 saturated heterocycles. The van der Waals surface area contributed by atoms with Crippen LogP contribution in [0.4, 0.5) is 0 Å². The molecule has 4 atom stereocenters. The Morgan fingerprint density at radius 2 is 1.67 bits per heavy atom. The lowest BCUT2D eigenvalue weighted by atomic mass is 9.63. The van der Waals surface area contributed by atoms with Gasteiger partial charge in [-0.1, -0.05) is 0 Å². The summed E-state index contributed by atoms with van der Waals surface area (Å²) < 4.78 is 10.9. The van der Waals surface area contributed by atoms with Crippen molar-refractivity contribution in [2.75, 3.05) is 14.2 Å². The molecule has 0 aliphatic heterocycles. The summed E-state index contributed by atoms with van der Waals surface area (Å²) in [6, 6.07) is 0. The van der Waals surface area contributed by atoms with Crippen molar-refractivity contribution in [1.82, 2.24) is 0 Å². The van der Waals surface area contributed by atoms with Gasteiger partial charge < -0.3 is 9.47 Å². The minimum atomic E-state index is 0.358. The van der Waals surface area contributed by atoms with Crippen molar-refractivity contribution in [2.45, 2.75) is 37.9 Å². The molecule has 70 valence electrons. The summed E-state index contributed by atoms with van der Waals surface area (Å²) >= 11 is 0. The second-order valence-corrected chi connectivity index (χ2v) is 4.05. The summed E-state index contributed by atoms with van der Waals surface area (Å²) in [6.07, 6.45) is 6.04. The first-order valence-electron chi connectivity index (χ1n) is 4.92. The van der Waals surface area contributed by atoms with Crippen LogP contribution in [-0.2, 0) is 9.47 Å². The number of fused-ring (bicyclic) bond motifs is 1. The topological polar surface area (TPSA) is 18.5 Å². The van der Waals surface area contributed by atoms with Crippen molar-refractivity contribution in [3.8, 4) is 0 Å². The third-order valence-corrected chi connectivity index (χ3v) is 3.66. The fraction of sp³-hybridized carbons (Fsp3) is 1.00. The number of ether oxygens (including phenoxy) is 2. The Kier molecular flexibility index (Phi) is 2.37. The van der Waals surface area contributed by atoms with Gasteiger partial charge in [0.05, 0.1) is 12.2 Å². The Morgan fingerprint density at radius 3 is 2.17 bits per heavy atom. The summed E-state index contributed by atoms with van der Waals surface area (Å²) in [5, 5.41) is 0. The molecular weight excluding hydrogens is 152 g/mol. The van der Waals surface area contributed by atoms with Crippen LogP contribution in [0, 0.1) is 11.8 Å². The van der Waals surface area contributed by atoms with Crippen molar-refractivity contribution < 1.29 is 9.47 Å². The maximum atomic E-state index is 5.50. The van der Waals surface area contributed by atoms with Gasteiger partial charge in [0.25, 0.3) is 0 Å². The summed E-state index contributed by atoms with van der Waals surface area (Å²) in [7, 11) is 3.62. The Labute approximate surface area is 74.2 Å². The van der Waals surface area contributed by atoms with Gasteiger partial charge in [-0.25, -0.2) is 0 Å². The van der Waals surface area contributed by atoms with E-state index in [9.17, 15) is 0 Å².